The standard InChI is InChI=1S/C30H60O2/c1-5-8-11-13-15-16-17-19-21-23-26-29(25-10-7-3)27-32-30(31)28(4)24-22-20-18-14-12-9-6-2/h28-29H,5-27H2,1-4H3. The minimum atomic E-state index is 0.0422. The van der Waals surface area contributed by atoms with Crippen molar-refractivity contribution in [3.05, 3.63) is 0 Å². The van der Waals surface area contributed by atoms with Crippen LogP contribution in [0.25, 0.3) is 0 Å². The van der Waals surface area contributed by atoms with Crippen LogP contribution in [-0.2, 0) is 9.53 Å². The van der Waals surface area contributed by atoms with E-state index in [0.717, 1.165) is 6.42 Å². The number of ether oxygens (including phenoxy) is 1. The number of esters is 1. The Bertz CT molecular complexity index is 379. The van der Waals surface area contributed by atoms with Crippen molar-refractivity contribution in [1.82, 2.24) is 0 Å². The van der Waals surface area contributed by atoms with Gasteiger partial charge in [-0.2, -0.15) is 0 Å². The van der Waals surface area contributed by atoms with Gasteiger partial charge in [0.05, 0.1) is 12.5 Å². The zero-order chi connectivity index (χ0) is 23.7. The number of hydrogen-bond acceptors (Lipinski definition) is 2. The third-order valence-corrected chi connectivity index (χ3v) is 7.04. The smallest absolute Gasteiger partial charge is 0.308 e. The molecule has 2 unspecified atom stereocenters. The molecular weight excluding hydrogens is 392 g/mol. The van der Waals surface area contributed by atoms with E-state index in [2.05, 4.69) is 27.7 Å². The molecule has 0 aliphatic rings. The average molecular weight is 453 g/mol. The van der Waals surface area contributed by atoms with E-state index < -0.39 is 0 Å². The van der Waals surface area contributed by atoms with Crippen molar-refractivity contribution < 1.29 is 9.53 Å². The maximum atomic E-state index is 12.4. The van der Waals surface area contributed by atoms with Gasteiger partial charge in [-0.1, -0.05) is 150 Å². The van der Waals surface area contributed by atoms with E-state index in [0.29, 0.717) is 12.5 Å². The summed E-state index contributed by atoms with van der Waals surface area (Å²) in [6.45, 7) is 9.51. The summed E-state index contributed by atoms with van der Waals surface area (Å²) < 4.78 is 5.78. The Balaban J connectivity index is 3.85. The molecule has 0 heterocycles. The van der Waals surface area contributed by atoms with Gasteiger partial charge in [0.2, 0.25) is 0 Å². The molecule has 0 aromatic heterocycles. The maximum Gasteiger partial charge on any atom is 0.308 e. The summed E-state index contributed by atoms with van der Waals surface area (Å²) in [5.74, 6) is 0.675. The third-order valence-electron chi connectivity index (χ3n) is 7.04. The second-order valence-corrected chi connectivity index (χ2v) is 10.4. The van der Waals surface area contributed by atoms with Gasteiger partial charge in [-0.15, -0.1) is 0 Å². The van der Waals surface area contributed by atoms with Crippen LogP contribution in [0.1, 0.15) is 169 Å². The molecule has 0 aliphatic heterocycles. The van der Waals surface area contributed by atoms with Crippen molar-refractivity contribution >= 4 is 5.97 Å². The second-order valence-electron chi connectivity index (χ2n) is 10.4. The van der Waals surface area contributed by atoms with Gasteiger partial charge in [0.25, 0.3) is 0 Å². The van der Waals surface area contributed by atoms with E-state index in [4.69, 9.17) is 4.74 Å². The normalized spacial score (nSPS) is 13.2. The van der Waals surface area contributed by atoms with Crippen LogP contribution in [0.5, 0.6) is 0 Å². The number of carbonyl (C=O) groups excluding carboxylic acids is 1. The van der Waals surface area contributed by atoms with Crippen LogP contribution in [0, 0.1) is 11.8 Å². The summed E-state index contributed by atoms with van der Waals surface area (Å²) in [6, 6.07) is 0. The predicted molar refractivity (Wildman–Crippen MR) is 142 cm³/mol. The summed E-state index contributed by atoms with van der Waals surface area (Å²) in [5, 5.41) is 0. The van der Waals surface area contributed by atoms with Gasteiger partial charge >= 0.3 is 5.97 Å². The highest BCUT2D eigenvalue weighted by Crippen LogP contribution is 2.20. The fourth-order valence-corrected chi connectivity index (χ4v) is 4.59. The molecule has 2 atom stereocenters. The molecule has 2 heteroatoms. The highest BCUT2D eigenvalue weighted by atomic mass is 16.5. The van der Waals surface area contributed by atoms with Crippen LogP contribution < -0.4 is 0 Å². The van der Waals surface area contributed by atoms with Gasteiger partial charge in [-0.05, 0) is 25.2 Å². The Hall–Kier alpha value is -0.530. The Labute approximate surface area is 203 Å². The summed E-state index contributed by atoms with van der Waals surface area (Å²) in [5.41, 5.74) is 0. The molecule has 0 aliphatic carbocycles. The lowest BCUT2D eigenvalue weighted by atomic mass is 9.95. The first-order valence-corrected chi connectivity index (χ1v) is 14.8. The van der Waals surface area contributed by atoms with Crippen LogP contribution in [0.2, 0.25) is 0 Å². The average Bonchev–Trinajstić information content (AvgIpc) is 2.80. The largest absolute Gasteiger partial charge is 0.465 e. The summed E-state index contributed by atoms with van der Waals surface area (Å²) in [4.78, 5) is 12.4. The van der Waals surface area contributed by atoms with E-state index >= 15 is 0 Å². The number of rotatable bonds is 25. The molecule has 0 N–H and O–H groups in total. The summed E-state index contributed by atoms with van der Waals surface area (Å²) >= 11 is 0. The van der Waals surface area contributed by atoms with E-state index in [1.807, 2.05) is 0 Å². The zero-order valence-electron chi connectivity index (χ0n) is 22.7. The molecule has 0 aromatic carbocycles. The molecule has 0 amide bonds. The molecule has 0 radical (unpaired) electrons. The molecule has 0 aromatic rings. The Kier molecular flexibility index (Phi) is 24.7. The van der Waals surface area contributed by atoms with Crippen LogP contribution in [0.3, 0.4) is 0 Å². The van der Waals surface area contributed by atoms with Crippen LogP contribution in [-0.4, -0.2) is 12.6 Å². The first-order chi connectivity index (χ1) is 15.7. The lowest BCUT2D eigenvalue weighted by Gasteiger charge is -2.18. The Morgan fingerprint density at radius 1 is 0.531 bits per heavy atom. The minimum absolute atomic E-state index is 0.0422. The van der Waals surface area contributed by atoms with Gasteiger partial charge in [-0.3, -0.25) is 4.79 Å². The van der Waals surface area contributed by atoms with Crippen molar-refractivity contribution in [2.45, 2.75) is 169 Å². The lowest BCUT2D eigenvalue weighted by molar-refractivity contribution is -0.149. The fourth-order valence-electron chi connectivity index (χ4n) is 4.59. The molecule has 2 nitrogen and oxygen atoms in total. The molecule has 0 saturated carbocycles. The first kappa shape index (κ1) is 31.5. The Morgan fingerprint density at radius 3 is 1.38 bits per heavy atom. The highest BCUT2D eigenvalue weighted by molar-refractivity contribution is 5.71. The maximum absolute atomic E-state index is 12.4. The van der Waals surface area contributed by atoms with Crippen molar-refractivity contribution in [1.29, 1.82) is 0 Å². The highest BCUT2D eigenvalue weighted by Gasteiger charge is 2.17. The number of unbranched alkanes of at least 4 members (excludes halogenated alkanes) is 16. The molecule has 0 bridgehead atoms. The van der Waals surface area contributed by atoms with Crippen molar-refractivity contribution in [2.24, 2.45) is 11.8 Å². The Morgan fingerprint density at radius 2 is 0.906 bits per heavy atom. The number of hydrogen-bond donors (Lipinski definition) is 0. The molecular formula is C30H60O2. The molecule has 0 fully saturated rings. The van der Waals surface area contributed by atoms with E-state index in [-0.39, 0.29) is 11.9 Å². The van der Waals surface area contributed by atoms with E-state index in [1.165, 1.54) is 135 Å². The molecule has 0 spiro atoms. The summed E-state index contributed by atoms with van der Waals surface area (Å²) in [6.07, 6.45) is 28.9. The van der Waals surface area contributed by atoms with Crippen LogP contribution in [0.4, 0.5) is 0 Å². The van der Waals surface area contributed by atoms with Gasteiger partial charge in [0, 0.05) is 0 Å². The third kappa shape index (κ3) is 21.3. The second kappa shape index (κ2) is 25.1. The quantitative estimate of drug-likeness (QED) is 0.102. The monoisotopic (exact) mass is 452 g/mol. The molecule has 192 valence electrons. The molecule has 0 rings (SSSR count). The fraction of sp³-hybridized carbons (Fsp3) is 0.967. The van der Waals surface area contributed by atoms with Gasteiger partial charge in [0.1, 0.15) is 0 Å². The van der Waals surface area contributed by atoms with Crippen molar-refractivity contribution in [3.63, 3.8) is 0 Å². The number of carbonyl (C=O) groups is 1. The first-order valence-electron chi connectivity index (χ1n) is 14.8. The molecule has 32 heavy (non-hydrogen) atoms. The van der Waals surface area contributed by atoms with Gasteiger partial charge in [-0.25, -0.2) is 0 Å². The lowest BCUT2D eigenvalue weighted by Crippen LogP contribution is -2.19. The van der Waals surface area contributed by atoms with Gasteiger partial charge < -0.3 is 4.74 Å². The SMILES string of the molecule is CCCCCCCCCCCCC(CCCC)COC(=O)C(C)CCCCCCCCC. The van der Waals surface area contributed by atoms with Crippen molar-refractivity contribution in [3.8, 4) is 0 Å². The predicted octanol–water partition coefficient (Wildman–Crippen LogP) is 10.4. The molecule has 0 saturated heterocycles. The van der Waals surface area contributed by atoms with Crippen LogP contribution in [0.15, 0.2) is 0 Å². The van der Waals surface area contributed by atoms with Crippen LogP contribution >= 0.6 is 0 Å². The summed E-state index contributed by atoms with van der Waals surface area (Å²) in [7, 11) is 0. The van der Waals surface area contributed by atoms with E-state index in [1.54, 1.807) is 0 Å². The van der Waals surface area contributed by atoms with E-state index in [9.17, 15) is 4.79 Å². The zero-order valence-corrected chi connectivity index (χ0v) is 22.7. The van der Waals surface area contributed by atoms with Gasteiger partial charge in [0.15, 0.2) is 0 Å². The topological polar surface area (TPSA) is 26.3 Å². The van der Waals surface area contributed by atoms with Crippen molar-refractivity contribution in [2.75, 3.05) is 6.61 Å². The minimum Gasteiger partial charge on any atom is -0.465 e.